The van der Waals surface area contributed by atoms with Crippen LogP contribution in [0.25, 0.3) is 11.3 Å². The number of likely N-dealkylation sites (tertiary alicyclic amines) is 1. The second-order valence-electron chi connectivity index (χ2n) is 6.25. The van der Waals surface area contributed by atoms with E-state index in [1.165, 1.54) is 32.4 Å². The van der Waals surface area contributed by atoms with Crippen LogP contribution in [0.2, 0.25) is 0 Å². The number of nitrogens with one attached hydrogen (secondary N) is 2. The van der Waals surface area contributed by atoms with E-state index in [1.807, 2.05) is 25.2 Å². The van der Waals surface area contributed by atoms with E-state index in [4.69, 9.17) is 4.98 Å². The Balaban J connectivity index is 1.43. The highest BCUT2D eigenvalue weighted by Crippen LogP contribution is 2.21. The van der Waals surface area contributed by atoms with Gasteiger partial charge in [0.2, 0.25) is 0 Å². The Bertz CT molecular complexity index is 661. The van der Waals surface area contributed by atoms with Crippen molar-refractivity contribution in [3.63, 3.8) is 0 Å². The van der Waals surface area contributed by atoms with Gasteiger partial charge in [0.1, 0.15) is 5.01 Å². The molecule has 0 aliphatic carbocycles. The van der Waals surface area contributed by atoms with Crippen molar-refractivity contribution in [3.8, 4) is 11.3 Å². The molecule has 0 unspecified atom stereocenters. The lowest BCUT2D eigenvalue weighted by Crippen LogP contribution is -2.42. The maximum Gasteiger partial charge on any atom is 0.191 e. The summed E-state index contributed by atoms with van der Waals surface area (Å²) < 4.78 is 0. The Labute approximate surface area is 154 Å². The first kappa shape index (κ1) is 17.9. The van der Waals surface area contributed by atoms with Crippen molar-refractivity contribution in [1.82, 2.24) is 20.5 Å². The van der Waals surface area contributed by atoms with E-state index in [0.29, 0.717) is 6.54 Å². The normalized spacial score (nSPS) is 16.0. The van der Waals surface area contributed by atoms with Crippen molar-refractivity contribution in [2.45, 2.75) is 25.8 Å². The fraction of sp³-hybridized carbons (Fsp3) is 0.474. The summed E-state index contributed by atoms with van der Waals surface area (Å²) in [6.45, 7) is 5.16. The SMILES string of the molecule is CN=C(NCCN1CCCCC1)NCc1nc(-c2ccccc2)cs1. The van der Waals surface area contributed by atoms with Crippen LogP contribution < -0.4 is 10.6 Å². The summed E-state index contributed by atoms with van der Waals surface area (Å²) in [6, 6.07) is 10.3. The van der Waals surface area contributed by atoms with Crippen molar-refractivity contribution >= 4 is 17.3 Å². The van der Waals surface area contributed by atoms with Gasteiger partial charge in [0.15, 0.2) is 5.96 Å². The molecule has 1 aliphatic rings. The standard InChI is InChI=1S/C19H27N5S/c1-20-19(21-10-13-24-11-6-3-7-12-24)22-14-18-23-17(15-25-18)16-8-4-2-5-9-16/h2,4-5,8-9,15H,3,6-7,10-14H2,1H3,(H2,20,21,22). The van der Waals surface area contributed by atoms with Crippen LogP contribution in [0.15, 0.2) is 40.7 Å². The van der Waals surface area contributed by atoms with Gasteiger partial charge in [0.05, 0.1) is 12.2 Å². The minimum atomic E-state index is 0.695. The molecular weight excluding hydrogens is 330 g/mol. The lowest BCUT2D eigenvalue weighted by Gasteiger charge is -2.26. The zero-order chi connectivity index (χ0) is 17.3. The molecule has 134 valence electrons. The van der Waals surface area contributed by atoms with Gasteiger partial charge >= 0.3 is 0 Å². The van der Waals surface area contributed by atoms with E-state index < -0.39 is 0 Å². The number of hydrogen-bond donors (Lipinski definition) is 2. The van der Waals surface area contributed by atoms with Gasteiger partial charge in [0.25, 0.3) is 0 Å². The number of hydrogen-bond acceptors (Lipinski definition) is 4. The maximum atomic E-state index is 4.71. The summed E-state index contributed by atoms with van der Waals surface area (Å²) in [7, 11) is 1.81. The molecule has 0 atom stereocenters. The van der Waals surface area contributed by atoms with Crippen LogP contribution in [0.5, 0.6) is 0 Å². The van der Waals surface area contributed by atoms with Gasteiger partial charge in [-0.15, -0.1) is 11.3 Å². The number of nitrogens with zero attached hydrogens (tertiary/aromatic N) is 3. The third-order valence-corrected chi connectivity index (χ3v) is 5.27. The molecule has 5 nitrogen and oxygen atoms in total. The summed E-state index contributed by atoms with van der Waals surface area (Å²) in [6.07, 6.45) is 4.05. The maximum absolute atomic E-state index is 4.71. The zero-order valence-corrected chi connectivity index (χ0v) is 15.7. The van der Waals surface area contributed by atoms with Gasteiger partial charge in [-0.3, -0.25) is 4.99 Å². The topological polar surface area (TPSA) is 52.6 Å². The average molecular weight is 358 g/mol. The van der Waals surface area contributed by atoms with Crippen LogP contribution in [0.4, 0.5) is 0 Å². The Morgan fingerprint density at radius 3 is 2.72 bits per heavy atom. The van der Waals surface area contributed by atoms with E-state index in [0.717, 1.165) is 35.3 Å². The van der Waals surface area contributed by atoms with Crippen molar-refractivity contribution in [1.29, 1.82) is 0 Å². The van der Waals surface area contributed by atoms with Gasteiger partial charge in [-0.25, -0.2) is 4.98 Å². The quantitative estimate of drug-likeness (QED) is 0.616. The molecule has 2 N–H and O–H groups in total. The molecule has 2 aromatic rings. The molecule has 1 saturated heterocycles. The molecular formula is C19H27N5S. The van der Waals surface area contributed by atoms with Crippen LogP contribution >= 0.6 is 11.3 Å². The van der Waals surface area contributed by atoms with Gasteiger partial charge in [-0.05, 0) is 25.9 Å². The van der Waals surface area contributed by atoms with Crippen LogP contribution in [-0.2, 0) is 6.54 Å². The van der Waals surface area contributed by atoms with Gasteiger partial charge in [-0.2, -0.15) is 0 Å². The molecule has 1 aromatic carbocycles. The van der Waals surface area contributed by atoms with Crippen molar-refractivity contribution in [2.75, 3.05) is 33.2 Å². The molecule has 0 spiro atoms. The van der Waals surface area contributed by atoms with E-state index in [2.05, 4.69) is 38.0 Å². The summed E-state index contributed by atoms with van der Waals surface area (Å²) in [5.41, 5.74) is 2.20. The summed E-state index contributed by atoms with van der Waals surface area (Å²) in [5.74, 6) is 0.841. The second kappa shape index (κ2) is 9.53. The summed E-state index contributed by atoms with van der Waals surface area (Å²) >= 11 is 1.68. The minimum Gasteiger partial charge on any atom is -0.355 e. The largest absolute Gasteiger partial charge is 0.355 e. The first-order chi connectivity index (χ1) is 12.3. The predicted molar refractivity (Wildman–Crippen MR) is 106 cm³/mol. The predicted octanol–water partition coefficient (Wildman–Crippen LogP) is 2.96. The van der Waals surface area contributed by atoms with E-state index in [1.54, 1.807) is 11.3 Å². The number of aromatic nitrogens is 1. The molecule has 1 fully saturated rings. The highest BCUT2D eigenvalue weighted by molar-refractivity contribution is 7.09. The Morgan fingerprint density at radius 2 is 1.96 bits per heavy atom. The Hall–Kier alpha value is -1.92. The smallest absolute Gasteiger partial charge is 0.191 e. The number of benzene rings is 1. The Kier molecular flexibility index (Phi) is 6.82. The second-order valence-corrected chi connectivity index (χ2v) is 7.19. The average Bonchev–Trinajstić information content (AvgIpc) is 3.15. The van der Waals surface area contributed by atoms with Crippen LogP contribution in [0.1, 0.15) is 24.3 Å². The number of guanidine groups is 1. The molecule has 0 bridgehead atoms. The first-order valence-electron chi connectivity index (χ1n) is 9.02. The van der Waals surface area contributed by atoms with E-state index in [-0.39, 0.29) is 0 Å². The molecule has 0 radical (unpaired) electrons. The third kappa shape index (κ3) is 5.54. The molecule has 3 rings (SSSR count). The van der Waals surface area contributed by atoms with Crippen molar-refractivity contribution in [2.24, 2.45) is 4.99 Å². The van der Waals surface area contributed by atoms with E-state index in [9.17, 15) is 0 Å². The first-order valence-corrected chi connectivity index (χ1v) is 9.90. The Morgan fingerprint density at radius 1 is 1.16 bits per heavy atom. The van der Waals surface area contributed by atoms with Gasteiger partial charge in [-0.1, -0.05) is 36.8 Å². The number of rotatable bonds is 6. The fourth-order valence-corrected chi connectivity index (χ4v) is 3.77. The molecule has 25 heavy (non-hydrogen) atoms. The molecule has 6 heteroatoms. The molecule has 2 heterocycles. The van der Waals surface area contributed by atoms with Crippen molar-refractivity contribution in [3.05, 3.63) is 40.7 Å². The van der Waals surface area contributed by atoms with Crippen LogP contribution in [0, 0.1) is 0 Å². The number of piperidine rings is 1. The highest BCUT2D eigenvalue weighted by Gasteiger charge is 2.10. The van der Waals surface area contributed by atoms with Gasteiger partial charge < -0.3 is 15.5 Å². The summed E-state index contributed by atoms with van der Waals surface area (Å²) in [5, 5.41) is 9.93. The lowest BCUT2D eigenvalue weighted by molar-refractivity contribution is 0.232. The van der Waals surface area contributed by atoms with Crippen LogP contribution in [0.3, 0.4) is 0 Å². The fourth-order valence-electron chi connectivity index (χ4n) is 3.03. The number of thiazole rings is 1. The monoisotopic (exact) mass is 357 g/mol. The van der Waals surface area contributed by atoms with Crippen molar-refractivity contribution < 1.29 is 0 Å². The summed E-state index contributed by atoms with van der Waals surface area (Å²) in [4.78, 5) is 11.5. The minimum absolute atomic E-state index is 0.695. The van der Waals surface area contributed by atoms with Gasteiger partial charge in [0, 0.05) is 31.1 Å². The highest BCUT2D eigenvalue weighted by atomic mass is 32.1. The van der Waals surface area contributed by atoms with Crippen LogP contribution in [-0.4, -0.2) is 49.1 Å². The molecule has 0 amide bonds. The number of aliphatic imine (C=N–C) groups is 1. The molecule has 1 aliphatic heterocycles. The molecule has 1 aromatic heterocycles. The lowest BCUT2D eigenvalue weighted by atomic mass is 10.1. The zero-order valence-electron chi connectivity index (χ0n) is 14.9. The van der Waals surface area contributed by atoms with E-state index >= 15 is 0 Å². The third-order valence-electron chi connectivity index (χ3n) is 4.42. The molecule has 0 saturated carbocycles.